The highest BCUT2D eigenvalue weighted by Gasteiger charge is 2.33. The van der Waals surface area contributed by atoms with Gasteiger partial charge in [0.2, 0.25) is 11.7 Å². The van der Waals surface area contributed by atoms with Crippen LogP contribution in [0.15, 0.2) is 4.52 Å². The molecule has 110 valence electrons. The molecular formula is C13H19N3O3S. The van der Waals surface area contributed by atoms with Gasteiger partial charge in [-0.2, -0.15) is 16.7 Å². The molecule has 1 aromatic rings. The maximum Gasteiger partial charge on any atom is 0.238 e. The van der Waals surface area contributed by atoms with Gasteiger partial charge < -0.3 is 9.26 Å². The van der Waals surface area contributed by atoms with Crippen molar-refractivity contribution < 1.29 is 14.1 Å². The second kappa shape index (κ2) is 5.83. The Morgan fingerprint density at radius 2 is 2.30 bits per heavy atom. The van der Waals surface area contributed by atoms with E-state index in [1.807, 2.05) is 0 Å². The Kier molecular flexibility index (Phi) is 4.09. The number of ether oxygens (including phenoxy) is 1. The number of aromatic nitrogens is 2. The summed E-state index contributed by atoms with van der Waals surface area (Å²) in [5.74, 6) is 2.24. The minimum Gasteiger partial charge on any atom is -0.367 e. The summed E-state index contributed by atoms with van der Waals surface area (Å²) in [6.45, 7) is 6.70. The van der Waals surface area contributed by atoms with Crippen LogP contribution in [0, 0.1) is 0 Å². The van der Waals surface area contributed by atoms with Gasteiger partial charge in [-0.25, -0.2) is 0 Å². The average molecular weight is 297 g/mol. The standard InChI is InChI=1S/C13H19N3O3S/c1-8(2)16-3-4-18-11(5-16)12-14-13(19-15-12)9-6-20-7-10(9)17/h8-9,11H,3-7H2,1-2H3. The number of ketones is 1. The molecule has 6 nitrogen and oxygen atoms in total. The van der Waals surface area contributed by atoms with Crippen LogP contribution in [0.3, 0.4) is 0 Å². The lowest BCUT2D eigenvalue weighted by Gasteiger charge is -2.34. The predicted molar refractivity (Wildman–Crippen MR) is 74.8 cm³/mol. The molecule has 0 amide bonds. The largest absolute Gasteiger partial charge is 0.367 e. The van der Waals surface area contributed by atoms with Gasteiger partial charge in [-0.3, -0.25) is 9.69 Å². The van der Waals surface area contributed by atoms with Crippen molar-refractivity contribution in [2.45, 2.75) is 31.9 Å². The third-order valence-electron chi connectivity index (χ3n) is 3.79. The summed E-state index contributed by atoms with van der Waals surface area (Å²) in [4.78, 5) is 18.4. The number of hydrogen-bond acceptors (Lipinski definition) is 7. The number of carbonyl (C=O) groups excluding carboxylic acids is 1. The maximum absolute atomic E-state index is 11.7. The Labute approximate surface area is 122 Å². The van der Waals surface area contributed by atoms with Crippen LogP contribution < -0.4 is 0 Å². The van der Waals surface area contributed by atoms with E-state index in [0.717, 1.165) is 18.8 Å². The van der Waals surface area contributed by atoms with E-state index in [1.54, 1.807) is 11.8 Å². The van der Waals surface area contributed by atoms with Crippen molar-refractivity contribution in [1.29, 1.82) is 0 Å². The number of rotatable bonds is 3. The molecule has 2 fully saturated rings. The SMILES string of the molecule is CC(C)N1CCOC(c2noc(C3CSCC3=O)n2)C1. The van der Waals surface area contributed by atoms with Crippen molar-refractivity contribution >= 4 is 17.5 Å². The zero-order valence-electron chi connectivity index (χ0n) is 11.7. The smallest absolute Gasteiger partial charge is 0.238 e. The van der Waals surface area contributed by atoms with Crippen molar-refractivity contribution in [1.82, 2.24) is 15.0 Å². The van der Waals surface area contributed by atoms with Crippen LogP contribution in [0.1, 0.15) is 37.6 Å². The average Bonchev–Trinajstić information content (AvgIpc) is 3.07. The molecule has 0 N–H and O–H groups in total. The molecule has 2 aliphatic heterocycles. The van der Waals surface area contributed by atoms with Gasteiger partial charge in [0.15, 0.2) is 5.78 Å². The van der Waals surface area contributed by atoms with E-state index in [4.69, 9.17) is 9.26 Å². The van der Waals surface area contributed by atoms with Gasteiger partial charge in [0.05, 0.1) is 12.4 Å². The lowest BCUT2D eigenvalue weighted by atomic mass is 10.1. The van der Waals surface area contributed by atoms with Gasteiger partial charge in [-0.1, -0.05) is 5.16 Å². The first-order chi connectivity index (χ1) is 9.65. The molecule has 2 aliphatic rings. The number of nitrogens with zero attached hydrogens (tertiary/aromatic N) is 3. The van der Waals surface area contributed by atoms with Gasteiger partial charge in [-0.05, 0) is 13.8 Å². The van der Waals surface area contributed by atoms with E-state index in [2.05, 4.69) is 28.9 Å². The molecule has 7 heteroatoms. The molecule has 0 aromatic carbocycles. The lowest BCUT2D eigenvalue weighted by Crippen LogP contribution is -2.42. The van der Waals surface area contributed by atoms with E-state index in [-0.39, 0.29) is 17.8 Å². The van der Waals surface area contributed by atoms with Crippen LogP contribution in [-0.4, -0.2) is 58.1 Å². The third kappa shape index (κ3) is 2.75. The van der Waals surface area contributed by atoms with Crippen molar-refractivity contribution in [2.75, 3.05) is 31.2 Å². The van der Waals surface area contributed by atoms with E-state index >= 15 is 0 Å². The Bertz CT molecular complexity index is 491. The van der Waals surface area contributed by atoms with Crippen LogP contribution in [0.4, 0.5) is 0 Å². The molecule has 0 spiro atoms. The summed E-state index contributed by atoms with van der Waals surface area (Å²) in [6.07, 6.45) is -0.159. The summed E-state index contributed by atoms with van der Waals surface area (Å²) in [5, 5.41) is 4.01. The van der Waals surface area contributed by atoms with E-state index in [0.29, 0.717) is 30.1 Å². The van der Waals surface area contributed by atoms with Crippen molar-refractivity contribution in [2.24, 2.45) is 0 Å². The number of morpholine rings is 1. The van der Waals surface area contributed by atoms with Crippen molar-refractivity contribution in [3.63, 3.8) is 0 Å². The molecule has 0 aliphatic carbocycles. The Morgan fingerprint density at radius 1 is 1.45 bits per heavy atom. The van der Waals surface area contributed by atoms with Crippen LogP contribution >= 0.6 is 11.8 Å². The molecule has 2 unspecified atom stereocenters. The highest BCUT2D eigenvalue weighted by Crippen LogP contribution is 2.30. The molecule has 0 saturated carbocycles. The Balaban J connectivity index is 1.71. The van der Waals surface area contributed by atoms with E-state index < -0.39 is 0 Å². The molecule has 2 saturated heterocycles. The van der Waals surface area contributed by atoms with E-state index in [1.165, 1.54) is 0 Å². The fourth-order valence-electron chi connectivity index (χ4n) is 2.49. The summed E-state index contributed by atoms with van der Waals surface area (Å²) >= 11 is 1.62. The molecule has 3 rings (SSSR count). The van der Waals surface area contributed by atoms with Gasteiger partial charge in [0.25, 0.3) is 0 Å². The molecule has 0 bridgehead atoms. The maximum atomic E-state index is 11.7. The van der Waals surface area contributed by atoms with Gasteiger partial charge in [0, 0.05) is 24.9 Å². The van der Waals surface area contributed by atoms with Crippen LogP contribution in [-0.2, 0) is 9.53 Å². The molecule has 1 aromatic heterocycles. The fraction of sp³-hybridized carbons (Fsp3) is 0.769. The van der Waals surface area contributed by atoms with Crippen molar-refractivity contribution in [3.8, 4) is 0 Å². The van der Waals surface area contributed by atoms with Crippen LogP contribution in [0.5, 0.6) is 0 Å². The first kappa shape index (κ1) is 14.0. The topological polar surface area (TPSA) is 68.5 Å². The normalized spacial score (nSPS) is 28.4. The van der Waals surface area contributed by atoms with Crippen LogP contribution in [0.25, 0.3) is 0 Å². The Hall–Kier alpha value is -0.920. The molecule has 2 atom stereocenters. The predicted octanol–water partition coefficient (Wildman–Crippen LogP) is 1.25. The van der Waals surface area contributed by atoms with Gasteiger partial charge in [-0.15, -0.1) is 0 Å². The first-order valence-corrected chi connectivity index (χ1v) is 8.10. The molecular weight excluding hydrogens is 278 g/mol. The number of hydrogen-bond donors (Lipinski definition) is 0. The molecule has 20 heavy (non-hydrogen) atoms. The summed E-state index contributed by atoms with van der Waals surface area (Å²) in [6, 6.07) is 0.473. The minimum atomic E-state index is -0.231. The quantitative estimate of drug-likeness (QED) is 0.831. The number of thioether (sulfide) groups is 1. The second-order valence-electron chi connectivity index (χ2n) is 5.47. The van der Waals surface area contributed by atoms with Gasteiger partial charge >= 0.3 is 0 Å². The minimum absolute atomic E-state index is 0.159. The highest BCUT2D eigenvalue weighted by atomic mass is 32.2. The zero-order chi connectivity index (χ0) is 14.1. The Morgan fingerprint density at radius 3 is 3.00 bits per heavy atom. The highest BCUT2D eigenvalue weighted by molar-refractivity contribution is 8.00. The first-order valence-electron chi connectivity index (χ1n) is 6.94. The summed E-state index contributed by atoms with van der Waals surface area (Å²) in [7, 11) is 0. The van der Waals surface area contributed by atoms with E-state index in [9.17, 15) is 4.79 Å². The number of carbonyl (C=O) groups is 1. The lowest BCUT2D eigenvalue weighted by molar-refractivity contribution is -0.117. The zero-order valence-corrected chi connectivity index (χ0v) is 12.6. The molecule has 0 radical (unpaired) electrons. The molecule has 3 heterocycles. The number of Topliss-reactive ketones (excluding diaryl/α,β-unsaturated/α-hetero) is 1. The summed E-state index contributed by atoms with van der Waals surface area (Å²) in [5.41, 5.74) is 0. The fourth-order valence-corrected chi connectivity index (χ4v) is 3.58. The second-order valence-corrected chi connectivity index (χ2v) is 6.50. The van der Waals surface area contributed by atoms with Crippen LogP contribution in [0.2, 0.25) is 0 Å². The summed E-state index contributed by atoms with van der Waals surface area (Å²) < 4.78 is 11.0. The van der Waals surface area contributed by atoms with Crippen molar-refractivity contribution in [3.05, 3.63) is 11.7 Å². The third-order valence-corrected chi connectivity index (χ3v) is 4.85. The van der Waals surface area contributed by atoms with Gasteiger partial charge in [0.1, 0.15) is 12.0 Å². The monoisotopic (exact) mass is 297 g/mol.